The molecule has 1 heterocycles. The number of hydrogen-bond donors (Lipinski definition) is 5. The van der Waals surface area contributed by atoms with Gasteiger partial charge >= 0.3 is 5.97 Å². The summed E-state index contributed by atoms with van der Waals surface area (Å²) >= 11 is 0. The van der Waals surface area contributed by atoms with Crippen molar-refractivity contribution < 1.29 is 39.8 Å². The molecule has 0 aromatic heterocycles. The van der Waals surface area contributed by atoms with Gasteiger partial charge in [0.1, 0.15) is 30.3 Å². The van der Waals surface area contributed by atoms with Gasteiger partial charge in [-0.2, -0.15) is 0 Å². The number of rotatable bonds is 6. The molecule has 0 radical (unpaired) electrons. The summed E-state index contributed by atoms with van der Waals surface area (Å²) in [6.45, 7) is -0.881. The van der Waals surface area contributed by atoms with Gasteiger partial charge in [-0.1, -0.05) is 30.3 Å². The third kappa shape index (κ3) is 4.05. The molecule has 0 saturated carbocycles. The maximum Gasteiger partial charge on any atom is 0.313 e. The third-order valence-electron chi connectivity index (χ3n) is 3.78. The Labute approximate surface area is 132 Å². The molecule has 1 saturated heterocycles. The fraction of sp³-hybridized carbons (Fsp3) is 0.533. The molecule has 0 amide bonds. The zero-order valence-electron chi connectivity index (χ0n) is 12.2. The number of aliphatic hydroxyl groups is 4. The highest BCUT2D eigenvalue weighted by Crippen LogP contribution is 2.24. The highest BCUT2D eigenvalue weighted by molar-refractivity contribution is 5.76. The van der Waals surface area contributed by atoms with Crippen LogP contribution in [0, 0.1) is 0 Å². The van der Waals surface area contributed by atoms with E-state index in [1.54, 1.807) is 30.3 Å². The number of benzene rings is 1. The van der Waals surface area contributed by atoms with Crippen molar-refractivity contribution in [2.45, 2.75) is 36.6 Å². The molecule has 1 fully saturated rings. The molecule has 0 aliphatic carbocycles. The van der Waals surface area contributed by atoms with Crippen LogP contribution in [0.25, 0.3) is 0 Å². The van der Waals surface area contributed by atoms with Gasteiger partial charge in [-0.25, -0.2) is 0 Å². The molecule has 128 valence electrons. The van der Waals surface area contributed by atoms with Crippen molar-refractivity contribution in [1.82, 2.24) is 0 Å². The largest absolute Gasteiger partial charge is 0.481 e. The monoisotopic (exact) mass is 328 g/mol. The predicted octanol–water partition coefficient (Wildman–Crippen LogP) is -1.33. The molecule has 1 aliphatic rings. The summed E-state index contributed by atoms with van der Waals surface area (Å²) in [5.74, 6) is -2.09. The predicted molar refractivity (Wildman–Crippen MR) is 76.5 cm³/mol. The fourth-order valence-electron chi connectivity index (χ4n) is 2.39. The molecule has 8 nitrogen and oxygen atoms in total. The van der Waals surface area contributed by atoms with Gasteiger partial charge in [0.05, 0.1) is 13.2 Å². The summed E-state index contributed by atoms with van der Waals surface area (Å²) in [6, 6.07) is 8.41. The third-order valence-corrected chi connectivity index (χ3v) is 3.78. The standard InChI is InChI=1S/C15H20O8/c16-6-10-11(17)12(18)13(19)15(23-10)22-7-9(14(20)21)8-4-2-1-3-5-8/h1-5,9-13,15-19H,6-7H2,(H,20,21)/t9?,10-,11-,12+,13-,15-/m1/s1. The average molecular weight is 328 g/mol. The van der Waals surface area contributed by atoms with Gasteiger partial charge in [0, 0.05) is 0 Å². The maximum absolute atomic E-state index is 11.4. The van der Waals surface area contributed by atoms with Gasteiger partial charge < -0.3 is 35.0 Å². The summed E-state index contributed by atoms with van der Waals surface area (Å²) in [5, 5.41) is 47.6. The lowest BCUT2D eigenvalue weighted by molar-refractivity contribution is -0.301. The van der Waals surface area contributed by atoms with E-state index in [-0.39, 0.29) is 6.61 Å². The zero-order chi connectivity index (χ0) is 17.0. The van der Waals surface area contributed by atoms with Crippen LogP contribution < -0.4 is 0 Å². The Morgan fingerprint density at radius 3 is 2.35 bits per heavy atom. The van der Waals surface area contributed by atoms with Crippen LogP contribution in [0.5, 0.6) is 0 Å². The first kappa shape index (κ1) is 17.8. The van der Waals surface area contributed by atoms with Crippen molar-refractivity contribution in [1.29, 1.82) is 0 Å². The summed E-state index contributed by atoms with van der Waals surface area (Å²) in [4.78, 5) is 11.4. The lowest BCUT2D eigenvalue weighted by Crippen LogP contribution is -2.59. The molecule has 6 atom stereocenters. The van der Waals surface area contributed by atoms with E-state index in [9.17, 15) is 25.2 Å². The van der Waals surface area contributed by atoms with Gasteiger partial charge in [-0.05, 0) is 5.56 Å². The highest BCUT2D eigenvalue weighted by Gasteiger charge is 2.44. The summed E-state index contributed by atoms with van der Waals surface area (Å²) < 4.78 is 10.5. The molecule has 1 aliphatic heterocycles. The first-order valence-electron chi connectivity index (χ1n) is 7.15. The quantitative estimate of drug-likeness (QED) is 0.433. The van der Waals surface area contributed by atoms with Crippen molar-refractivity contribution in [3.8, 4) is 0 Å². The van der Waals surface area contributed by atoms with E-state index in [0.29, 0.717) is 5.56 Å². The maximum atomic E-state index is 11.4. The van der Waals surface area contributed by atoms with Crippen LogP contribution in [0.15, 0.2) is 30.3 Å². The number of aliphatic carboxylic acids is 1. The van der Waals surface area contributed by atoms with Crippen LogP contribution in [-0.4, -0.2) is 75.4 Å². The number of carboxylic acid groups (broad SMARTS) is 1. The second kappa shape index (κ2) is 7.82. The van der Waals surface area contributed by atoms with Gasteiger partial charge in [0.15, 0.2) is 6.29 Å². The summed E-state index contributed by atoms with van der Waals surface area (Å²) in [7, 11) is 0. The number of aliphatic hydroxyl groups excluding tert-OH is 4. The highest BCUT2D eigenvalue weighted by atomic mass is 16.7. The van der Waals surface area contributed by atoms with Crippen molar-refractivity contribution in [2.24, 2.45) is 0 Å². The van der Waals surface area contributed by atoms with Gasteiger partial charge in [-0.15, -0.1) is 0 Å². The molecule has 0 spiro atoms. The number of ether oxygens (including phenoxy) is 2. The molecule has 1 unspecified atom stereocenters. The first-order valence-corrected chi connectivity index (χ1v) is 7.15. The van der Waals surface area contributed by atoms with Crippen LogP contribution in [-0.2, 0) is 14.3 Å². The zero-order valence-corrected chi connectivity index (χ0v) is 12.2. The molecule has 2 rings (SSSR count). The van der Waals surface area contributed by atoms with Crippen LogP contribution in [0.4, 0.5) is 0 Å². The number of carboxylic acids is 1. The molecular formula is C15H20O8. The van der Waals surface area contributed by atoms with E-state index >= 15 is 0 Å². The average Bonchev–Trinajstić information content (AvgIpc) is 2.55. The molecule has 23 heavy (non-hydrogen) atoms. The summed E-state index contributed by atoms with van der Waals surface area (Å²) in [5.41, 5.74) is 0.518. The van der Waals surface area contributed by atoms with Crippen LogP contribution in [0.3, 0.4) is 0 Å². The second-order valence-corrected chi connectivity index (χ2v) is 5.33. The fourth-order valence-corrected chi connectivity index (χ4v) is 2.39. The lowest BCUT2D eigenvalue weighted by Gasteiger charge is -2.39. The smallest absolute Gasteiger partial charge is 0.313 e. The Morgan fingerprint density at radius 2 is 1.78 bits per heavy atom. The Kier molecular flexibility index (Phi) is 6.05. The molecule has 1 aromatic rings. The second-order valence-electron chi connectivity index (χ2n) is 5.33. The van der Waals surface area contributed by atoms with E-state index < -0.39 is 49.2 Å². The van der Waals surface area contributed by atoms with Crippen molar-refractivity contribution >= 4 is 5.97 Å². The minimum atomic E-state index is -1.56. The van der Waals surface area contributed by atoms with Gasteiger partial charge in [-0.3, -0.25) is 4.79 Å². The molecule has 8 heteroatoms. The summed E-state index contributed by atoms with van der Waals surface area (Å²) in [6.07, 6.45) is -7.06. The van der Waals surface area contributed by atoms with Crippen LogP contribution in [0.1, 0.15) is 11.5 Å². The topological polar surface area (TPSA) is 137 Å². The number of carbonyl (C=O) groups is 1. The Hall–Kier alpha value is -1.55. The van der Waals surface area contributed by atoms with Crippen molar-refractivity contribution in [3.05, 3.63) is 35.9 Å². The van der Waals surface area contributed by atoms with Gasteiger partial charge in [0.2, 0.25) is 0 Å². The molecule has 1 aromatic carbocycles. The van der Waals surface area contributed by atoms with Crippen molar-refractivity contribution in [3.63, 3.8) is 0 Å². The van der Waals surface area contributed by atoms with Crippen LogP contribution in [0.2, 0.25) is 0 Å². The minimum absolute atomic E-state index is 0.304. The van der Waals surface area contributed by atoms with E-state index in [1.165, 1.54) is 0 Å². The normalized spacial score (nSPS) is 32.4. The SMILES string of the molecule is O=C(O)C(CO[C@@H]1O[C@H](CO)[C@@H](O)[C@H](O)[C@H]1O)c1ccccc1. The molecule has 0 bridgehead atoms. The Balaban J connectivity index is 2.04. The minimum Gasteiger partial charge on any atom is -0.481 e. The van der Waals surface area contributed by atoms with E-state index in [1.807, 2.05) is 0 Å². The van der Waals surface area contributed by atoms with E-state index in [0.717, 1.165) is 0 Å². The van der Waals surface area contributed by atoms with Crippen molar-refractivity contribution in [2.75, 3.05) is 13.2 Å². The van der Waals surface area contributed by atoms with E-state index in [4.69, 9.17) is 14.6 Å². The van der Waals surface area contributed by atoms with Gasteiger partial charge in [0.25, 0.3) is 0 Å². The molecular weight excluding hydrogens is 308 g/mol. The Morgan fingerprint density at radius 1 is 1.13 bits per heavy atom. The number of hydrogen-bond acceptors (Lipinski definition) is 7. The van der Waals surface area contributed by atoms with Crippen LogP contribution >= 0.6 is 0 Å². The molecule has 5 N–H and O–H groups in total. The van der Waals surface area contributed by atoms with E-state index in [2.05, 4.69) is 0 Å². The first-order chi connectivity index (χ1) is 11.0. The Bertz CT molecular complexity index is 505. The lowest BCUT2D eigenvalue weighted by atomic mass is 9.98.